The molecular weight excluding hydrogens is 368 g/mol. The number of Topliss-reactive ketones (excluding diaryl/α,β-unsaturated/α-hetero) is 1. The summed E-state index contributed by atoms with van der Waals surface area (Å²) in [6.07, 6.45) is 0.665. The molecule has 1 aliphatic heterocycles. The van der Waals surface area contributed by atoms with Crippen molar-refractivity contribution in [2.45, 2.75) is 45.8 Å². The van der Waals surface area contributed by atoms with Gasteiger partial charge in [0, 0.05) is 24.0 Å². The lowest BCUT2D eigenvalue weighted by atomic mass is 9.93. The van der Waals surface area contributed by atoms with Gasteiger partial charge in [-0.05, 0) is 43.0 Å². The summed E-state index contributed by atoms with van der Waals surface area (Å²) in [5, 5.41) is 20.8. The van der Waals surface area contributed by atoms with Crippen LogP contribution in [0.5, 0.6) is 0 Å². The Bertz CT molecular complexity index is 944. The second-order valence-electron chi connectivity index (χ2n) is 7.81. The number of carbonyl (C=O) groups is 2. The first kappa shape index (κ1) is 20.7. The van der Waals surface area contributed by atoms with Crippen LogP contribution in [0.2, 0.25) is 0 Å². The van der Waals surface area contributed by atoms with Gasteiger partial charge in [-0.1, -0.05) is 38.1 Å². The number of ketones is 1. The first-order valence-corrected chi connectivity index (χ1v) is 9.70. The molecule has 29 heavy (non-hydrogen) atoms. The Morgan fingerprint density at radius 3 is 2.28 bits per heavy atom. The molecule has 152 valence electrons. The molecule has 1 aromatic heterocycles. The molecule has 1 fully saturated rings. The third-order valence-electron chi connectivity index (χ3n) is 5.10. The zero-order valence-corrected chi connectivity index (χ0v) is 17.1. The number of benzene rings is 1. The molecule has 0 aliphatic carbocycles. The van der Waals surface area contributed by atoms with E-state index >= 15 is 0 Å². The number of hydrogen-bond donors (Lipinski definition) is 2. The summed E-state index contributed by atoms with van der Waals surface area (Å²) in [7, 11) is 0. The van der Waals surface area contributed by atoms with E-state index in [1.54, 1.807) is 19.1 Å². The van der Waals surface area contributed by atoms with E-state index in [0.29, 0.717) is 17.0 Å². The van der Waals surface area contributed by atoms with Gasteiger partial charge < -0.3 is 15.1 Å². The van der Waals surface area contributed by atoms with Crippen LogP contribution in [-0.2, 0) is 9.59 Å². The van der Waals surface area contributed by atoms with Crippen LogP contribution in [0.15, 0.2) is 48.2 Å². The van der Waals surface area contributed by atoms with E-state index in [0.717, 1.165) is 11.3 Å². The third kappa shape index (κ3) is 4.07. The molecule has 0 radical (unpaired) electrons. The van der Waals surface area contributed by atoms with E-state index in [2.05, 4.69) is 18.8 Å². The van der Waals surface area contributed by atoms with E-state index in [1.807, 2.05) is 31.2 Å². The monoisotopic (exact) mass is 394 g/mol. The lowest BCUT2D eigenvalue weighted by Crippen LogP contribution is -2.35. The number of aromatic nitrogens is 1. The number of likely N-dealkylation sites (tertiary alicyclic amines) is 1. The smallest absolute Gasteiger partial charge is 0.295 e. The Labute approximate surface area is 170 Å². The molecule has 1 aliphatic rings. The fourth-order valence-electron chi connectivity index (χ4n) is 3.53. The zero-order chi connectivity index (χ0) is 21.3. The van der Waals surface area contributed by atoms with E-state index < -0.39 is 23.8 Å². The van der Waals surface area contributed by atoms with Crippen molar-refractivity contribution < 1.29 is 19.8 Å². The second kappa shape index (κ2) is 8.17. The highest BCUT2D eigenvalue weighted by Gasteiger charge is 2.46. The molecule has 3 rings (SSSR count). The molecule has 0 spiro atoms. The number of aliphatic hydroxyl groups is 2. The minimum atomic E-state index is -0.813. The molecule has 0 bridgehead atoms. The number of hydrogen-bond acceptors (Lipinski definition) is 5. The molecule has 2 aromatic rings. The minimum Gasteiger partial charge on any atom is -0.507 e. The number of rotatable bonds is 5. The van der Waals surface area contributed by atoms with Gasteiger partial charge in [0.1, 0.15) is 5.76 Å². The second-order valence-corrected chi connectivity index (χ2v) is 7.81. The van der Waals surface area contributed by atoms with Gasteiger partial charge in [-0.25, -0.2) is 0 Å². The standard InChI is InChI=1S/C23H26N2O4/c1-13(2)16-7-9-17(10-8-16)20-19(21(27)18-6-5-14(3)24-11-18)22(28)23(29)25(20)12-15(4)26/h5-11,13,15,20,26-27H,12H2,1-4H3/t15-,20-/m1/s1. The molecule has 2 N–H and O–H groups in total. The molecule has 6 heteroatoms. The van der Waals surface area contributed by atoms with Crippen molar-refractivity contribution in [3.8, 4) is 0 Å². The van der Waals surface area contributed by atoms with Crippen LogP contribution in [0.3, 0.4) is 0 Å². The molecule has 0 unspecified atom stereocenters. The molecule has 1 aromatic carbocycles. The maximum Gasteiger partial charge on any atom is 0.295 e. The average Bonchev–Trinajstić information content (AvgIpc) is 2.92. The summed E-state index contributed by atoms with van der Waals surface area (Å²) in [6.45, 7) is 7.53. The predicted molar refractivity (Wildman–Crippen MR) is 110 cm³/mol. The minimum absolute atomic E-state index is 0.00982. The molecule has 2 atom stereocenters. The average molecular weight is 394 g/mol. The Balaban J connectivity index is 2.15. The summed E-state index contributed by atoms with van der Waals surface area (Å²) in [5.41, 5.74) is 2.99. The fraction of sp³-hybridized carbons (Fsp3) is 0.348. The van der Waals surface area contributed by atoms with Crippen LogP contribution in [0.25, 0.3) is 5.76 Å². The highest BCUT2D eigenvalue weighted by atomic mass is 16.3. The summed E-state index contributed by atoms with van der Waals surface area (Å²) in [4.78, 5) is 31.0. The van der Waals surface area contributed by atoms with Crippen molar-refractivity contribution in [2.24, 2.45) is 0 Å². The largest absolute Gasteiger partial charge is 0.507 e. The maximum atomic E-state index is 12.8. The first-order valence-electron chi connectivity index (χ1n) is 9.70. The summed E-state index contributed by atoms with van der Waals surface area (Å²) >= 11 is 0. The number of aliphatic hydroxyl groups excluding tert-OH is 2. The summed E-state index contributed by atoms with van der Waals surface area (Å²) < 4.78 is 0. The van der Waals surface area contributed by atoms with Crippen LogP contribution < -0.4 is 0 Å². The van der Waals surface area contributed by atoms with Gasteiger partial charge >= 0.3 is 0 Å². The fourth-order valence-corrected chi connectivity index (χ4v) is 3.53. The molecule has 0 saturated carbocycles. The van der Waals surface area contributed by atoms with Crippen molar-refractivity contribution in [1.29, 1.82) is 0 Å². The van der Waals surface area contributed by atoms with E-state index in [-0.39, 0.29) is 17.9 Å². The maximum absolute atomic E-state index is 12.8. The van der Waals surface area contributed by atoms with Gasteiger partial charge in [-0.3, -0.25) is 14.6 Å². The molecule has 1 saturated heterocycles. The van der Waals surface area contributed by atoms with E-state index in [9.17, 15) is 19.8 Å². The summed E-state index contributed by atoms with van der Waals surface area (Å²) in [6, 6.07) is 10.3. The van der Waals surface area contributed by atoms with Gasteiger partial charge in [0.25, 0.3) is 11.7 Å². The lowest BCUT2D eigenvalue weighted by Gasteiger charge is -2.26. The number of pyridine rings is 1. The number of nitrogens with zero attached hydrogens (tertiary/aromatic N) is 2. The molecule has 1 amide bonds. The molecular formula is C23H26N2O4. The Morgan fingerprint density at radius 2 is 1.76 bits per heavy atom. The third-order valence-corrected chi connectivity index (χ3v) is 5.10. The van der Waals surface area contributed by atoms with Crippen molar-refractivity contribution in [2.75, 3.05) is 6.54 Å². The Hall–Kier alpha value is -2.99. The van der Waals surface area contributed by atoms with E-state index in [1.165, 1.54) is 11.1 Å². The van der Waals surface area contributed by atoms with Crippen LogP contribution >= 0.6 is 0 Å². The van der Waals surface area contributed by atoms with Crippen LogP contribution in [0.1, 0.15) is 55.1 Å². The van der Waals surface area contributed by atoms with Gasteiger partial charge in [0.05, 0.1) is 17.7 Å². The first-order chi connectivity index (χ1) is 13.7. The van der Waals surface area contributed by atoms with Gasteiger partial charge in [0.2, 0.25) is 0 Å². The zero-order valence-electron chi connectivity index (χ0n) is 17.1. The number of amides is 1. The number of carbonyl (C=O) groups excluding carboxylic acids is 2. The van der Waals surface area contributed by atoms with Gasteiger partial charge in [-0.15, -0.1) is 0 Å². The highest BCUT2D eigenvalue weighted by molar-refractivity contribution is 6.46. The highest BCUT2D eigenvalue weighted by Crippen LogP contribution is 2.39. The topological polar surface area (TPSA) is 90.7 Å². The Kier molecular flexibility index (Phi) is 5.84. The van der Waals surface area contributed by atoms with Crippen LogP contribution in [0, 0.1) is 6.92 Å². The van der Waals surface area contributed by atoms with E-state index in [4.69, 9.17) is 0 Å². The van der Waals surface area contributed by atoms with Crippen molar-refractivity contribution in [3.05, 3.63) is 70.6 Å². The summed E-state index contributed by atoms with van der Waals surface area (Å²) in [5.74, 6) is -1.42. The quantitative estimate of drug-likeness (QED) is 0.461. The van der Waals surface area contributed by atoms with Crippen LogP contribution in [-0.4, -0.2) is 44.4 Å². The number of aryl methyl sites for hydroxylation is 1. The number of β-amino-alcohol motifs (C(OH)–C–C–N with tert-alkyl or cyclic N) is 1. The van der Waals surface area contributed by atoms with Crippen molar-refractivity contribution in [3.63, 3.8) is 0 Å². The lowest BCUT2D eigenvalue weighted by molar-refractivity contribution is -0.140. The van der Waals surface area contributed by atoms with Crippen molar-refractivity contribution in [1.82, 2.24) is 9.88 Å². The Morgan fingerprint density at radius 1 is 1.10 bits per heavy atom. The van der Waals surface area contributed by atoms with Gasteiger partial charge in [0.15, 0.2) is 0 Å². The molecule has 6 nitrogen and oxygen atoms in total. The molecule has 2 heterocycles. The van der Waals surface area contributed by atoms with Gasteiger partial charge in [-0.2, -0.15) is 0 Å². The predicted octanol–water partition coefficient (Wildman–Crippen LogP) is 3.32. The van der Waals surface area contributed by atoms with Crippen LogP contribution in [0.4, 0.5) is 0 Å². The van der Waals surface area contributed by atoms with Crippen molar-refractivity contribution >= 4 is 17.4 Å². The normalized spacial score (nSPS) is 19.8. The SMILES string of the molecule is Cc1ccc(C(O)=C2C(=O)C(=O)N(C[C@@H](C)O)[C@@H]2c2ccc(C(C)C)cc2)cn1.